The summed E-state index contributed by atoms with van der Waals surface area (Å²) < 4.78 is 3.83. The number of hydrogen-bond donors (Lipinski definition) is 0. The van der Waals surface area contributed by atoms with Crippen molar-refractivity contribution < 1.29 is 4.57 Å². The lowest BCUT2D eigenvalue weighted by Gasteiger charge is -2.48. The molecule has 0 spiro atoms. The van der Waals surface area contributed by atoms with Gasteiger partial charge in [-0.1, -0.05) is 63.5 Å². The summed E-state index contributed by atoms with van der Waals surface area (Å²) in [4.78, 5) is 0. The third kappa shape index (κ3) is 2.74. The molecule has 0 amide bonds. The van der Waals surface area contributed by atoms with E-state index < -0.39 is 0 Å². The fourth-order valence-corrected chi connectivity index (χ4v) is 6.42. The van der Waals surface area contributed by atoms with Crippen molar-refractivity contribution in [3.63, 3.8) is 0 Å². The van der Waals surface area contributed by atoms with Crippen molar-refractivity contribution >= 4 is 15.9 Å². The fraction of sp³-hybridized carbons (Fsp3) is 0.593. The molecule has 0 saturated carbocycles. The van der Waals surface area contributed by atoms with Crippen molar-refractivity contribution in [2.45, 2.75) is 103 Å². The normalized spacial score (nSPS) is 29.0. The summed E-state index contributed by atoms with van der Waals surface area (Å²) in [6.07, 6.45) is 7.30. The maximum absolute atomic E-state index is 3.75. The molecule has 0 radical (unpaired) electrons. The van der Waals surface area contributed by atoms with Crippen molar-refractivity contribution in [1.82, 2.24) is 0 Å². The molecule has 2 aliphatic rings. The van der Waals surface area contributed by atoms with E-state index in [1.54, 1.807) is 11.1 Å². The zero-order chi connectivity index (χ0) is 21.4. The van der Waals surface area contributed by atoms with Gasteiger partial charge in [0.1, 0.15) is 0 Å². The van der Waals surface area contributed by atoms with Gasteiger partial charge in [-0.25, -0.2) is 0 Å². The third-order valence-electron chi connectivity index (χ3n) is 8.89. The van der Waals surface area contributed by atoms with Crippen molar-refractivity contribution in [2.75, 3.05) is 0 Å². The molecule has 2 atom stereocenters. The Hall–Kier alpha value is -1.15. The first kappa shape index (κ1) is 21.1. The van der Waals surface area contributed by atoms with Crippen LogP contribution in [0.3, 0.4) is 0 Å². The summed E-state index contributed by atoms with van der Waals surface area (Å²) in [5, 5.41) is 0. The van der Waals surface area contributed by atoms with Crippen LogP contribution in [-0.2, 0) is 21.8 Å². The summed E-state index contributed by atoms with van der Waals surface area (Å²) in [6.45, 7) is 19.4. The van der Waals surface area contributed by atoms with Crippen LogP contribution in [-0.4, -0.2) is 0 Å². The Morgan fingerprint density at radius 2 is 1.45 bits per heavy atom. The van der Waals surface area contributed by atoms with Gasteiger partial charge in [0.05, 0.1) is 11.0 Å². The van der Waals surface area contributed by atoms with Crippen molar-refractivity contribution in [3.8, 4) is 11.3 Å². The van der Waals surface area contributed by atoms with Crippen LogP contribution in [0, 0.1) is 0 Å². The number of pyridine rings is 1. The highest BCUT2D eigenvalue weighted by Gasteiger charge is 2.57. The van der Waals surface area contributed by atoms with E-state index in [1.165, 1.54) is 34.1 Å². The zero-order valence-corrected chi connectivity index (χ0v) is 21.1. The maximum atomic E-state index is 3.75. The van der Waals surface area contributed by atoms with E-state index in [9.17, 15) is 0 Å². The minimum atomic E-state index is 0.0462. The van der Waals surface area contributed by atoms with Gasteiger partial charge in [0.15, 0.2) is 11.7 Å². The molecule has 29 heavy (non-hydrogen) atoms. The zero-order valence-electron chi connectivity index (χ0n) is 19.5. The van der Waals surface area contributed by atoms with Crippen molar-refractivity contribution in [3.05, 3.63) is 51.6 Å². The van der Waals surface area contributed by atoms with Gasteiger partial charge in [-0.3, -0.25) is 0 Å². The lowest BCUT2D eigenvalue weighted by Crippen LogP contribution is -2.68. The first-order chi connectivity index (χ1) is 13.4. The van der Waals surface area contributed by atoms with Crippen LogP contribution >= 0.6 is 15.9 Å². The van der Waals surface area contributed by atoms with Gasteiger partial charge in [0.25, 0.3) is 0 Å². The maximum Gasteiger partial charge on any atom is 0.213 e. The van der Waals surface area contributed by atoms with Crippen molar-refractivity contribution in [1.29, 1.82) is 0 Å². The highest BCUT2D eigenvalue weighted by molar-refractivity contribution is 9.10. The van der Waals surface area contributed by atoms with E-state index in [2.05, 4.69) is 106 Å². The smallest absolute Gasteiger partial charge is 0.192 e. The summed E-state index contributed by atoms with van der Waals surface area (Å²) >= 11 is 3.75. The van der Waals surface area contributed by atoms with Crippen LogP contribution < -0.4 is 4.57 Å². The number of aromatic nitrogens is 1. The van der Waals surface area contributed by atoms with E-state index in [0.29, 0.717) is 0 Å². The number of nitrogens with zero attached hydrogens (tertiary/aromatic N) is 1. The summed E-state index contributed by atoms with van der Waals surface area (Å²) in [5.74, 6) is 0. The fourth-order valence-electron chi connectivity index (χ4n) is 6.06. The Morgan fingerprint density at radius 1 is 0.828 bits per heavy atom. The highest BCUT2D eigenvalue weighted by Crippen LogP contribution is 2.52. The van der Waals surface area contributed by atoms with Crippen LogP contribution in [0.15, 0.2) is 34.9 Å². The molecule has 0 bridgehead atoms. The van der Waals surface area contributed by atoms with Gasteiger partial charge < -0.3 is 0 Å². The van der Waals surface area contributed by atoms with Gasteiger partial charge in [-0.15, -0.1) is 0 Å². The topological polar surface area (TPSA) is 3.88 Å². The Kier molecular flexibility index (Phi) is 4.67. The number of hydrogen-bond acceptors (Lipinski definition) is 0. The molecule has 156 valence electrons. The minimum absolute atomic E-state index is 0.0462. The quantitative estimate of drug-likeness (QED) is 0.412. The predicted octanol–water partition coefficient (Wildman–Crippen LogP) is 7.56. The lowest BCUT2D eigenvalue weighted by atomic mass is 9.59. The van der Waals surface area contributed by atoms with Crippen molar-refractivity contribution in [2.24, 2.45) is 0 Å². The summed E-state index contributed by atoms with van der Waals surface area (Å²) in [6, 6.07) is 9.49. The second-order valence-electron chi connectivity index (χ2n) is 11.1. The minimum Gasteiger partial charge on any atom is -0.192 e. The molecule has 1 aromatic carbocycles. The van der Waals surface area contributed by atoms with E-state index in [4.69, 9.17) is 0 Å². The number of rotatable bonds is 2. The second kappa shape index (κ2) is 6.42. The second-order valence-corrected chi connectivity index (χ2v) is 12.0. The molecular formula is C27H37BrN+. The van der Waals surface area contributed by atoms with E-state index >= 15 is 0 Å². The standard InChI is InChI=1S/C27H37BrN/c1-9-26(7)20-12-11-18(28)15-19(20)23-16-21-22(17-29(23)27(26,8)10-2)25(5,6)14-13-24(21,3)4/h11-12,15-17H,9-10,13-14H2,1-8H3/q+1. The average Bonchev–Trinajstić information content (AvgIpc) is 2.68. The number of fused-ring (bicyclic) bond motifs is 4. The summed E-state index contributed by atoms with van der Waals surface area (Å²) in [7, 11) is 0. The molecule has 1 aliphatic carbocycles. The lowest BCUT2D eigenvalue weighted by molar-refractivity contribution is -0.765. The Bertz CT molecular complexity index is 986. The van der Waals surface area contributed by atoms with E-state index in [-0.39, 0.29) is 21.8 Å². The van der Waals surface area contributed by atoms with Crippen LogP contribution in [0.1, 0.15) is 97.8 Å². The number of benzene rings is 1. The molecule has 0 saturated heterocycles. The van der Waals surface area contributed by atoms with Gasteiger partial charge >= 0.3 is 0 Å². The van der Waals surface area contributed by atoms with Gasteiger partial charge in [0.2, 0.25) is 5.69 Å². The van der Waals surface area contributed by atoms with Crippen LogP contribution in [0.2, 0.25) is 0 Å². The van der Waals surface area contributed by atoms with Gasteiger partial charge in [-0.2, -0.15) is 4.57 Å². The number of halogens is 1. The largest absolute Gasteiger partial charge is 0.213 e. The molecule has 2 aromatic rings. The van der Waals surface area contributed by atoms with Crippen LogP contribution in [0.5, 0.6) is 0 Å². The Balaban J connectivity index is 2.15. The van der Waals surface area contributed by atoms with Crippen LogP contribution in [0.25, 0.3) is 11.3 Å². The molecule has 2 heterocycles. The molecule has 1 aromatic heterocycles. The molecular weight excluding hydrogens is 418 g/mol. The predicted molar refractivity (Wildman–Crippen MR) is 127 cm³/mol. The van der Waals surface area contributed by atoms with Crippen LogP contribution in [0.4, 0.5) is 0 Å². The molecule has 2 heteroatoms. The van der Waals surface area contributed by atoms with Gasteiger partial charge in [-0.05, 0) is 60.3 Å². The molecule has 0 fully saturated rings. The van der Waals surface area contributed by atoms with E-state index in [1.807, 2.05) is 0 Å². The first-order valence-electron chi connectivity index (χ1n) is 11.3. The molecule has 4 rings (SSSR count). The molecule has 2 unspecified atom stereocenters. The third-order valence-corrected chi connectivity index (χ3v) is 9.38. The Labute approximate surface area is 186 Å². The SMILES string of the molecule is CCC1(C)c2ccc(Br)cc2-c2cc3c(c[n+]2C1(C)CC)C(C)(C)CCC3(C)C. The highest BCUT2D eigenvalue weighted by atomic mass is 79.9. The summed E-state index contributed by atoms with van der Waals surface area (Å²) in [5.41, 5.74) is 7.97. The molecule has 1 nitrogen and oxygen atoms in total. The Morgan fingerprint density at radius 3 is 2.03 bits per heavy atom. The average molecular weight is 456 g/mol. The first-order valence-corrected chi connectivity index (χ1v) is 12.1. The molecule has 0 N–H and O–H groups in total. The van der Waals surface area contributed by atoms with E-state index in [0.717, 1.165) is 12.8 Å². The van der Waals surface area contributed by atoms with Gasteiger partial charge in [0, 0.05) is 29.4 Å². The monoisotopic (exact) mass is 454 g/mol. The molecule has 1 aliphatic heterocycles.